The molecule has 2 nitrogen and oxygen atoms in total. The Kier molecular flexibility index (Phi) is 5.21. The van der Waals surface area contributed by atoms with E-state index in [4.69, 9.17) is 0 Å². The predicted octanol–water partition coefficient (Wildman–Crippen LogP) is 4.29. The molecule has 2 rings (SSSR count). The van der Waals surface area contributed by atoms with Crippen molar-refractivity contribution in [3.63, 3.8) is 0 Å². The first-order valence-corrected chi connectivity index (χ1v) is 7.65. The van der Waals surface area contributed by atoms with Crippen LogP contribution in [0, 0.1) is 0 Å². The summed E-state index contributed by atoms with van der Waals surface area (Å²) in [6.07, 6.45) is -1.05. The van der Waals surface area contributed by atoms with Gasteiger partial charge in [-0.1, -0.05) is 31.0 Å². The Labute approximate surface area is 120 Å². The number of aliphatic hydroxyl groups excluding tert-OH is 1. The number of aliphatic hydroxyl groups is 1. The van der Waals surface area contributed by atoms with Gasteiger partial charge in [0.15, 0.2) is 0 Å². The average Bonchev–Trinajstić information content (AvgIpc) is 2.88. The van der Waals surface area contributed by atoms with E-state index in [9.17, 15) is 18.3 Å². The molecule has 1 fully saturated rings. The van der Waals surface area contributed by atoms with Crippen LogP contribution in [0.2, 0.25) is 0 Å². The van der Waals surface area contributed by atoms with Crippen LogP contribution in [-0.4, -0.2) is 22.5 Å². The molecule has 0 saturated heterocycles. The molecule has 1 atom stereocenters. The first-order valence-electron chi connectivity index (χ1n) is 6.60. The lowest BCUT2D eigenvalue weighted by molar-refractivity contribution is -0.275. The van der Waals surface area contributed by atoms with E-state index in [1.54, 1.807) is 17.8 Å². The number of ether oxygens (including phenoxy) is 1. The minimum atomic E-state index is -4.74. The third kappa shape index (κ3) is 4.59. The summed E-state index contributed by atoms with van der Waals surface area (Å²) in [5.41, 5.74) is 0.190. The van der Waals surface area contributed by atoms with E-state index in [0.29, 0.717) is 11.0 Å². The smallest absolute Gasteiger partial charge is 0.405 e. The summed E-state index contributed by atoms with van der Waals surface area (Å²) in [4.78, 5) is 0. The van der Waals surface area contributed by atoms with Crippen LogP contribution in [0.5, 0.6) is 5.75 Å². The molecule has 0 heterocycles. The Morgan fingerprint density at radius 1 is 1.25 bits per heavy atom. The van der Waals surface area contributed by atoms with E-state index in [1.165, 1.54) is 31.0 Å². The fraction of sp³-hybridized carbons (Fsp3) is 0.571. The summed E-state index contributed by atoms with van der Waals surface area (Å²) in [5.74, 6) is 0.0719. The van der Waals surface area contributed by atoms with Crippen molar-refractivity contribution in [1.29, 1.82) is 0 Å². The summed E-state index contributed by atoms with van der Waals surface area (Å²) >= 11 is 1.63. The van der Waals surface area contributed by atoms with E-state index < -0.39 is 12.5 Å². The van der Waals surface area contributed by atoms with E-state index in [0.717, 1.165) is 12.8 Å². The molecule has 0 amide bonds. The first kappa shape index (κ1) is 15.5. The van der Waals surface area contributed by atoms with Crippen LogP contribution in [0.1, 0.15) is 37.4 Å². The van der Waals surface area contributed by atoms with Gasteiger partial charge in [0.25, 0.3) is 0 Å². The lowest BCUT2D eigenvalue weighted by Gasteiger charge is -2.18. The van der Waals surface area contributed by atoms with Gasteiger partial charge in [0.1, 0.15) is 5.75 Å². The second-order valence-corrected chi connectivity index (χ2v) is 6.17. The maximum absolute atomic E-state index is 12.3. The molecule has 1 unspecified atom stereocenters. The molecule has 0 spiro atoms. The molecule has 6 heteroatoms. The average molecular weight is 306 g/mol. The van der Waals surface area contributed by atoms with Gasteiger partial charge >= 0.3 is 6.36 Å². The first-order chi connectivity index (χ1) is 9.46. The normalized spacial score (nSPS) is 18.2. The van der Waals surface area contributed by atoms with Gasteiger partial charge in [-0.15, -0.1) is 13.2 Å². The minimum Gasteiger partial charge on any atom is -0.405 e. The van der Waals surface area contributed by atoms with Crippen LogP contribution in [-0.2, 0) is 0 Å². The van der Waals surface area contributed by atoms with Crippen LogP contribution >= 0.6 is 11.8 Å². The van der Waals surface area contributed by atoms with Gasteiger partial charge in [-0.25, -0.2) is 0 Å². The van der Waals surface area contributed by atoms with Crippen molar-refractivity contribution in [2.24, 2.45) is 0 Å². The molecule has 1 saturated carbocycles. The fourth-order valence-corrected chi connectivity index (χ4v) is 3.65. The van der Waals surface area contributed by atoms with Gasteiger partial charge in [-0.05, 0) is 18.9 Å². The predicted molar refractivity (Wildman–Crippen MR) is 72.8 cm³/mol. The highest BCUT2D eigenvalue weighted by Crippen LogP contribution is 2.35. The van der Waals surface area contributed by atoms with Crippen molar-refractivity contribution in [3.05, 3.63) is 29.8 Å². The summed E-state index contributed by atoms with van der Waals surface area (Å²) in [5, 5.41) is 10.6. The number of thioether (sulfide) groups is 1. The van der Waals surface area contributed by atoms with Crippen LogP contribution in [0.3, 0.4) is 0 Å². The Hall–Kier alpha value is -0.880. The minimum absolute atomic E-state index is 0.190. The number of hydrogen-bond donors (Lipinski definition) is 1. The van der Waals surface area contributed by atoms with Crippen molar-refractivity contribution in [2.45, 2.75) is 43.4 Å². The van der Waals surface area contributed by atoms with E-state index in [-0.39, 0.29) is 11.3 Å². The zero-order chi connectivity index (χ0) is 14.6. The molecule has 1 aromatic carbocycles. The largest absolute Gasteiger partial charge is 0.573 e. The Balaban J connectivity index is 1.99. The monoisotopic (exact) mass is 306 g/mol. The molecule has 1 aliphatic rings. The molecular weight excluding hydrogens is 289 g/mol. The van der Waals surface area contributed by atoms with Gasteiger partial charge < -0.3 is 9.84 Å². The van der Waals surface area contributed by atoms with E-state index >= 15 is 0 Å². The highest BCUT2D eigenvalue weighted by Gasteiger charge is 2.32. The zero-order valence-corrected chi connectivity index (χ0v) is 11.7. The van der Waals surface area contributed by atoms with Crippen LogP contribution in [0.25, 0.3) is 0 Å². The summed E-state index contributed by atoms with van der Waals surface area (Å²) in [7, 11) is 0. The topological polar surface area (TPSA) is 29.5 Å². The maximum Gasteiger partial charge on any atom is 0.573 e. The number of rotatable bonds is 5. The molecular formula is C14H17F3O2S. The second-order valence-electron chi connectivity index (χ2n) is 4.84. The van der Waals surface area contributed by atoms with Crippen molar-refractivity contribution >= 4 is 11.8 Å². The molecule has 0 aliphatic heterocycles. The fourth-order valence-electron chi connectivity index (χ4n) is 2.35. The third-order valence-electron chi connectivity index (χ3n) is 3.30. The number of halogens is 3. The Bertz CT molecular complexity index is 431. The lowest BCUT2D eigenvalue weighted by Crippen LogP contribution is -2.19. The third-order valence-corrected chi connectivity index (χ3v) is 4.75. The van der Waals surface area contributed by atoms with Crippen molar-refractivity contribution < 1.29 is 23.0 Å². The van der Waals surface area contributed by atoms with Crippen molar-refractivity contribution in [2.75, 3.05) is 5.75 Å². The number of benzene rings is 1. The second kappa shape index (κ2) is 6.72. The molecule has 20 heavy (non-hydrogen) atoms. The highest BCUT2D eigenvalue weighted by atomic mass is 32.2. The van der Waals surface area contributed by atoms with Crippen LogP contribution < -0.4 is 4.74 Å². The van der Waals surface area contributed by atoms with Gasteiger partial charge in [-0.3, -0.25) is 0 Å². The van der Waals surface area contributed by atoms with E-state index in [2.05, 4.69) is 4.74 Å². The molecule has 1 N–H and O–H groups in total. The molecule has 0 aromatic heterocycles. The van der Waals surface area contributed by atoms with Crippen molar-refractivity contribution in [1.82, 2.24) is 0 Å². The van der Waals surface area contributed by atoms with E-state index in [1.807, 2.05) is 0 Å². The quantitative estimate of drug-likeness (QED) is 0.879. The lowest BCUT2D eigenvalue weighted by atomic mass is 10.1. The van der Waals surface area contributed by atoms with Crippen LogP contribution in [0.15, 0.2) is 24.3 Å². The molecule has 1 aromatic rings. The standard InChI is InChI=1S/C14H17F3O2S/c15-14(16,17)19-13-8-4-3-7-11(13)12(18)9-20-10-5-1-2-6-10/h3-4,7-8,10,12,18H,1-2,5-6,9H2. The Morgan fingerprint density at radius 3 is 2.55 bits per heavy atom. The van der Waals surface area contributed by atoms with Gasteiger partial charge in [-0.2, -0.15) is 11.8 Å². The van der Waals surface area contributed by atoms with Gasteiger partial charge in [0, 0.05) is 16.6 Å². The summed E-state index contributed by atoms with van der Waals surface area (Å²) in [6, 6.07) is 5.76. The number of alkyl halides is 3. The highest BCUT2D eigenvalue weighted by molar-refractivity contribution is 7.99. The molecule has 0 radical (unpaired) electrons. The maximum atomic E-state index is 12.3. The van der Waals surface area contributed by atoms with Crippen LogP contribution in [0.4, 0.5) is 13.2 Å². The molecule has 1 aliphatic carbocycles. The zero-order valence-electron chi connectivity index (χ0n) is 10.9. The Morgan fingerprint density at radius 2 is 1.90 bits per heavy atom. The molecule has 0 bridgehead atoms. The summed E-state index contributed by atoms with van der Waals surface area (Å²) in [6.45, 7) is 0. The summed E-state index contributed by atoms with van der Waals surface area (Å²) < 4.78 is 40.9. The SMILES string of the molecule is OC(CSC1CCCC1)c1ccccc1OC(F)(F)F. The van der Waals surface area contributed by atoms with Gasteiger partial charge in [0.2, 0.25) is 0 Å². The van der Waals surface area contributed by atoms with Gasteiger partial charge in [0.05, 0.1) is 6.10 Å². The molecule has 112 valence electrons. The number of para-hydroxylation sites is 1. The van der Waals surface area contributed by atoms with Crippen molar-refractivity contribution in [3.8, 4) is 5.75 Å². The number of hydrogen-bond acceptors (Lipinski definition) is 3.